The minimum atomic E-state index is -0.0462. The fraction of sp³-hybridized carbons (Fsp3) is 0.500. The van der Waals surface area contributed by atoms with E-state index in [9.17, 15) is 4.79 Å². The maximum absolute atomic E-state index is 11.8. The van der Waals surface area contributed by atoms with Gasteiger partial charge in [0.1, 0.15) is 0 Å². The summed E-state index contributed by atoms with van der Waals surface area (Å²) in [6.45, 7) is 2.87. The Labute approximate surface area is 113 Å². The largest absolute Gasteiger partial charge is 0.338 e. The number of benzene rings is 1. The van der Waals surface area contributed by atoms with Gasteiger partial charge < -0.3 is 10.6 Å². The lowest BCUT2D eigenvalue weighted by molar-refractivity contribution is 0.236. The zero-order valence-electron chi connectivity index (χ0n) is 10.7. The first-order valence-corrected chi connectivity index (χ1v) is 7.56. The molecule has 0 bridgehead atoms. The number of hydrogen-bond donors (Lipinski definition) is 2. The van der Waals surface area contributed by atoms with Gasteiger partial charge in [-0.25, -0.2) is 4.79 Å². The molecule has 0 aromatic heterocycles. The van der Waals surface area contributed by atoms with Crippen LogP contribution in [0, 0.1) is 0 Å². The molecule has 1 aromatic carbocycles. The molecule has 1 unspecified atom stereocenters. The maximum Gasteiger partial charge on any atom is 0.315 e. The van der Waals surface area contributed by atoms with E-state index in [2.05, 4.69) is 35.8 Å². The monoisotopic (exact) mass is 264 g/mol. The maximum atomic E-state index is 11.8. The van der Waals surface area contributed by atoms with Gasteiger partial charge in [0.25, 0.3) is 0 Å². The van der Waals surface area contributed by atoms with Crippen LogP contribution in [0.4, 0.5) is 4.79 Å². The zero-order valence-corrected chi connectivity index (χ0v) is 11.6. The molecule has 0 fully saturated rings. The zero-order chi connectivity index (χ0) is 12.8. The Morgan fingerprint density at radius 2 is 2.28 bits per heavy atom. The van der Waals surface area contributed by atoms with Crippen molar-refractivity contribution in [1.82, 2.24) is 10.6 Å². The van der Waals surface area contributed by atoms with Gasteiger partial charge in [-0.2, -0.15) is 0 Å². The molecule has 3 nitrogen and oxygen atoms in total. The highest BCUT2D eigenvalue weighted by atomic mass is 32.2. The van der Waals surface area contributed by atoms with Gasteiger partial charge in [-0.05, 0) is 24.5 Å². The lowest BCUT2D eigenvalue weighted by Crippen LogP contribution is -2.39. The van der Waals surface area contributed by atoms with Crippen molar-refractivity contribution in [1.29, 1.82) is 0 Å². The molecule has 1 heterocycles. The number of fused-ring (bicyclic) bond motifs is 1. The second-order valence-electron chi connectivity index (χ2n) is 4.48. The Bertz CT molecular complexity index is 409. The smallest absolute Gasteiger partial charge is 0.315 e. The van der Waals surface area contributed by atoms with E-state index in [0.717, 1.165) is 31.6 Å². The standard InChI is InChI=1S/C14H20N2OS/c1-2-3-9-15-14(17)16-12-8-10-18-13-7-5-4-6-11(12)13/h4-7,12H,2-3,8-10H2,1H3,(H2,15,16,17). The van der Waals surface area contributed by atoms with E-state index in [1.54, 1.807) is 0 Å². The molecule has 2 amide bonds. The van der Waals surface area contributed by atoms with Gasteiger partial charge in [0.05, 0.1) is 6.04 Å². The summed E-state index contributed by atoms with van der Waals surface area (Å²) in [4.78, 5) is 13.1. The fourth-order valence-corrected chi connectivity index (χ4v) is 3.21. The molecule has 18 heavy (non-hydrogen) atoms. The molecular formula is C14H20N2OS. The number of thioether (sulfide) groups is 1. The number of carbonyl (C=O) groups is 1. The highest BCUT2D eigenvalue weighted by Gasteiger charge is 2.21. The number of nitrogens with one attached hydrogen (secondary N) is 2. The molecule has 4 heteroatoms. The highest BCUT2D eigenvalue weighted by Crippen LogP contribution is 2.35. The number of urea groups is 1. The third-order valence-electron chi connectivity index (χ3n) is 3.08. The van der Waals surface area contributed by atoms with Crippen molar-refractivity contribution in [3.8, 4) is 0 Å². The summed E-state index contributed by atoms with van der Waals surface area (Å²) < 4.78 is 0. The molecule has 1 aliphatic rings. The van der Waals surface area contributed by atoms with E-state index in [1.165, 1.54) is 10.5 Å². The van der Waals surface area contributed by atoms with Crippen LogP contribution in [0.1, 0.15) is 37.8 Å². The number of carbonyl (C=O) groups excluding carboxylic acids is 1. The van der Waals surface area contributed by atoms with Gasteiger partial charge in [-0.3, -0.25) is 0 Å². The molecule has 98 valence electrons. The molecular weight excluding hydrogens is 244 g/mol. The fourth-order valence-electron chi connectivity index (χ4n) is 2.08. The van der Waals surface area contributed by atoms with Gasteiger partial charge >= 0.3 is 6.03 Å². The Balaban J connectivity index is 1.92. The van der Waals surface area contributed by atoms with Crippen molar-refractivity contribution >= 4 is 17.8 Å². The number of hydrogen-bond acceptors (Lipinski definition) is 2. The quantitative estimate of drug-likeness (QED) is 0.819. The van der Waals surface area contributed by atoms with Crippen LogP contribution >= 0.6 is 11.8 Å². The summed E-state index contributed by atoms with van der Waals surface area (Å²) in [5.41, 5.74) is 1.25. The molecule has 1 atom stereocenters. The Hall–Kier alpha value is -1.16. The van der Waals surface area contributed by atoms with Crippen LogP contribution in [0.5, 0.6) is 0 Å². The predicted octanol–water partition coefficient (Wildman–Crippen LogP) is 3.32. The summed E-state index contributed by atoms with van der Waals surface area (Å²) in [5, 5.41) is 5.98. The lowest BCUT2D eigenvalue weighted by Gasteiger charge is -2.25. The highest BCUT2D eigenvalue weighted by molar-refractivity contribution is 7.99. The second-order valence-corrected chi connectivity index (χ2v) is 5.62. The molecule has 2 rings (SSSR count). The molecule has 0 saturated heterocycles. The molecule has 1 aromatic rings. The predicted molar refractivity (Wildman–Crippen MR) is 76.0 cm³/mol. The van der Waals surface area contributed by atoms with Gasteiger partial charge in [-0.15, -0.1) is 11.8 Å². The van der Waals surface area contributed by atoms with Crippen molar-refractivity contribution in [3.05, 3.63) is 29.8 Å². The van der Waals surface area contributed by atoms with Gasteiger partial charge in [-0.1, -0.05) is 31.5 Å². The second kappa shape index (κ2) is 6.69. The van der Waals surface area contributed by atoms with Crippen molar-refractivity contribution in [2.45, 2.75) is 37.1 Å². The van der Waals surface area contributed by atoms with Crippen LogP contribution in [0.3, 0.4) is 0 Å². The molecule has 0 spiro atoms. The molecule has 0 saturated carbocycles. The van der Waals surface area contributed by atoms with E-state index in [-0.39, 0.29) is 12.1 Å². The van der Waals surface area contributed by atoms with Gasteiger partial charge in [0.15, 0.2) is 0 Å². The van der Waals surface area contributed by atoms with E-state index in [0.29, 0.717) is 0 Å². The number of rotatable bonds is 4. The van der Waals surface area contributed by atoms with Crippen LogP contribution in [-0.2, 0) is 0 Å². The first-order valence-electron chi connectivity index (χ1n) is 6.57. The van der Waals surface area contributed by atoms with Crippen molar-refractivity contribution in [2.24, 2.45) is 0 Å². The van der Waals surface area contributed by atoms with E-state index >= 15 is 0 Å². The topological polar surface area (TPSA) is 41.1 Å². The van der Waals surface area contributed by atoms with Crippen molar-refractivity contribution in [2.75, 3.05) is 12.3 Å². The lowest BCUT2D eigenvalue weighted by atomic mass is 10.0. The summed E-state index contributed by atoms with van der Waals surface area (Å²) in [7, 11) is 0. The Kier molecular flexibility index (Phi) is 4.93. The van der Waals surface area contributed by atoms with E-state index in [1.807, 2.05) is 17.8 Å². The van der Waals surface area contributed by atoms with Gasteiger partial charge in [0, 0.05) is 17.2 Å². The summed E-state index contributed by atoms with van der Waals surface area (Å²) in [6.07, 6.45) is 3.14. The average Bonchev–Trinajstić information content (AvgIpc) is 2.39. The molecule has 0 radical (unpaired) electrons. The van der Waals surface area contributed by atoms with Crippen LogP contribution in [-0.4, -0.2) is 18.3 Å². The summed E-state index contributed by atoms with van der Waals surface area (Å²) in [6, 6.07) is 8.44. The van der Waals surface area contributed by atoms with E-state index in [4.69, 9.17) is 0 Å². The minimum absolute atomic E-state index is 0.0462. The number of unbranched alkanes of at least 4 members (excludes halogenated alkanes) is 1. The summed E-state index contributed by atoms with van der Waals surface area (Å²) >= 11 is 1.87. The molecule has 2 N–H and O–H groups in total. The first kappa shape index (κ1) is 13.3. The Morgan fingerprint density at radius 1 is 1.44 bits per heavy atom. The van der Waals surface area contributed by atoms with Crippen LogP contribution < -0.4 is 10.6 Å². The molecule has 1 aliphatic heterocycles. The Morgan fingerprint density at radius 3 is 3.11 bits per heavy atom. The average molecular weight is 264 g/mol. The normalized spacial score (nSPS) is 17.9. The summed E-state index contributed by atoms with van der Waals surface area (Å²) in [5.74, 6) is 1.07. The SMILES string of the molecule is CCCCNC(=O)NC1CCSc2ccccc21. The van der Waals surface area contributed by atoms with Gasteiger partial charge in [0.2, 0.25) is 0 Å². The third-order valence-corrected chi connectivity index (χ3v) is 4.20. The number of amides is 2. The van der Waals surface area contributed by atoms with Crippen molar-refractivity contribution in [3.63, 3.8) is 0 Å². The minimum Gasteiger partial charge on any atom is -0.338 e. The van der Waals surface area contributed by atoms with Crippen LogP contribution in [0.25, 0.3) is 0 Å². The third kappa shape index (κ3) is 3.42. The van der Waals surface area contributed by atoms with Crippen LogP contribution in [0.2, 0.25) is 0 Å². The van der Waals surface area contributed by atoms with E-state index < -0.39 is 0 Å². The van der Waals surface area contributed by atoms with Crippen LogP contribution in [0.15, 0.2) is 29.2 Å². The molecule has 0 aliphatic carbocycles. The first-order chi connectivity index (χ1) is 8.81. The van der Waals surface area contributed by atoms with Crippen molar-refractivity contribution < 1.29 is 4.79 Å².